The fourth-order valence-corrected chi connectivity index (χ4v) is 1.98. The first-order valence-corrected chi connectivity index (χ1v) is 5.23. The number of H-pyrrole nitrogens is 1. The van der Waals surface area contributed by atoms with Crippen molar-refractivity contribution in [1.82, 2.24) is 15.0 Å². The maximum Gasteiger partial charge on any atom is 0.224 e. The van der Waals surface area contributed by atoms with Gasteiger partial charge in [-0.2, -0.15) is 4.98 Å². The van der Waals surface area contributed by atoms with Gasteiger partial charge in [-0.05, 0) is 25.2 Å². The smallest absolute Gasteiger partial charge is 0.224 e. The van der Waals surface area contributed by atoms with Crippen LogP contribution in [0.5, 0.6) is 0 Å². The summed E-state index contributed by atoms with van der Waals surface area (Å²) >= 11 is 6.53. The molecule has 0 saturated carbocycles. The quantitative estimate of drug-likeness (QED) is 0.728. The maximum absolute atomic E-state index is 5.53. The molecule has 0 fully saturated rings. The number of rotatable bonds is 1. The minimum absolute atomic E-state index is 0.264. The molecule has 3 N–H and O–H groups in total. The fraction of sp³-hybridized carbons (Fsp3) is 0.125. The lowest BCUT2D eigenvalue weighted by Gasteiger charge is -1.97. The van der Waals surface area contributed by atoms with Gasteiger partial charge in [0.15, 0.2) is 0 Å². The molecule has 2 heterocycles. The van der Waals surface area contributed by atoms with Crippen molar-refractivity contribution in [3.8, 4) is 11.4 Å². The SMILES string of the molecule is Cc1cc(-c2nc(=S)nc(N)[nH]2)cs1. The minimum Gasteiger partial charge on any atom is -0.369 e. The zero-order chi connectivity index (χ0) is 10.1. The molecule has 0 aliphatic carbocycles. The summed E-state index contributed by atoms with van der Waals surface area (Å²) in [4.78, 5) is 12.0. The molecule has 0 unspecified atom stereocenters. The lowest BCUT2D eigenvalue weighted by molar-refractivity contribution is 1.05. The number of aromatic nitrogens is 3. The van der Waals surface area contributed by atoms with Gasteiger partial charge in [-0.25, -0.2) is 4.98 Å². The van der Waals surface area contributed by atoms with Gasteiger partial charge in [0.05, 0.1) is 0 Å². The number of nitrogens with two attached hydrogens (primary N) is 1. The highest BCUT2D eigenvalue weighted by atomic mass is 32.1. The molecule has 0 bridgehead atoms. The van der Waals surface area contributed by atoms with Crippen LogP contribution in [0.4, 0.5) is 5.95 Å². The summed E-state index contributed by atoms with van der Waals surface area (Å²) in [6, 6.07) is 2.03. The summed E-state index contributed by atoms with van der Waals surface area (Å²) in [5, 5.41) is 2.00. The van der Waals surface area contributed by atoms with Crippen molar-refractivity contribution in [2.45, 2.75) is 6.92 Å². The predicted molar refractivity (Wildman–Crippen MR) is 59.7 cm³/mol. The Hall–Kier alpha value is -1.27. The first-order valence-electron chi connectivity index (χ1n) is 3.94. The van der Waals surface area contributed by atoms with E-state index in [0.717, 1.165) is 5.56 Å². The standard InChI is InChI=1S/C8H8N4S2/c1-4-2-5(3-14-4)6-10-7(9)12-8(13)11-6/h2-3H,1H3,(H3,9,10,11,12,13). The van der Waals surface area contributed by atoms with Gasteiger partial charge in [0.1, 0.15) is 5.82 Å². The maximum atomic E-state index is 5.53. The highest BCUT2D eigenvalue weighted by Crippen LogP contribution is 2.21. The van der Waals surface area contributed by atoms with Gasteiger partial charge in [-0.1, -0.05) is 0 Å². The van der Waals surface area contributed by atoms with Gasteiger partial charge in [0.25, 0.3) is 0 Å². The Balaban J connectivity index is 2.56. The number of anilines is 1. The first kappa shape index (κ1) is 9.29. The highest BCUT2D eigenvalue weighted by Gasteiger charge is 2.03. The number of aryl methyl sites for hydroxylation is 1. The van der Waals surface area contributed by atoms with Crippen LogP contribution in [-0.2, 0) is 0 Å². The molecule has 2 aromatic rings. The molecular formula is C8H8N4S2. The molecule has 0 atom stereocenters. The molecule has 6 heteroatoms. The summed E-state index contributed by atoms with van der Waals surface area (Å²) in [7, 11) is 0. The van der Waals surface area contributed by atoms with Crippen LogP contribution in [-0.4, -0.2) is 15.0 Å². The summed E-state index contributed by atoms with van der Waals surface area (Å²) < 4.78 is 0.264. The van der Waals surface area contributed by atoms with Gasteiger partial charge in [-0.3, -0.25) is 0 Å². The van der Waals surface area contributed by atoms with Crippen LogP contribution in [0.25, 0.3) is 11.4 Å². The molecule has 0 spiro atoms. The molecule has 0 aromatic carbocycles. The van der Waals surface area contributed by atoms with E-state index in [-0.39, 0.29) is 4.77 Å². The number of nitrogens with one attached hydrogen (secondary N) is 1. The minimum atomic E-state index is 0.264. The summed E-state index contributed by atoms with van der Waals surface area (Å²) in [5.74, 6) is 0.968. The van der Waals surface area contributed by atoms with E-state index >= 15 is 0 Å². The summed E-state index contributed by atoms with van der Waals surface area (Å²) in [6.45, 7) is 2.04. The van der Waals surface area contributed by atoms with E-state index < -0.39 is 0 Å². The van der Waals surface area contributed by atoms with Crippen molar-refractivity contribution < 1.29 is 0 Å². The Morgan fingerprint density at radius 2 is 2.29 bits per heavy atom. The summed E-state index contributed by atoms with van der Waals surface area (Å²) in [5.41, 5.74) is 6.53. The number of nitrogen functional groups attached to an aromatic ring is 1. The molecule has 4 nitrogen and oxygen atoms in total. The van der Waals surface area contributed by atoms with Gasteiger partial charge < -0.3 is 10.7 Å². The third-order valence-electron chi connectivity index (χ3n) is 1.67. The van der Waals surface area contributed by atoms with Gasteiger partial charge in [0, 0.05) is 15.8 Å². The zero-order valence-corrected chi connectivity index (χ0v) is 9.08. The Morgan fingerprint density at radius 3 is 2.86 bits per heavy atom. The molecule has 0 aliphatic heterocycles. The molecule has 0 saturated heterocycles. The van der Waals surface area contributed by atoms with Crippen molar-refractivity contribution in [3.05, 3.63) is 21.1 Å². The molecule has 72 valence electrons. The average molecular weight is 224 g/mol. The van der Waals surface area contributed by atoms with E-state index in [2.05, 4.69) is 15.0 Å². The third kappa shape index (κ3) is 1.80. The average Bonchev–Trinajstić information content (AvgIpc) is 2.50. The molecule has 0 radical (unpaired) electrons. The van der Waals surface area contributed by atoms with Crippen LogP contribution < -0.4 is 5.73 Å². The van der Waals surface area contributed by atoms with Crippen LogP contribution in [0.2, 0.25) is 0 Å². The Labute approximate surface area is 89.9 Å². The topological polar surface area (TPSA) is 67.6 Å². The van der Waals surface area contributed by atoms with Crippen molar-refractivity contribution in [1.29, 1.82) is 0 Å². The van der Waals surface area contributed by atoms with Gasteiger partial charge in [0.2, 0.25) is 10.7 Å². The number of aromatic amines is 1. The van der Waals surface area contributed by atoms with Crippen LogP contribution >= 0.6 is 23.6 Å². The van der Waals surface area contributed by atoms with Gasteiger partial charge >= 0.3 is 0 Å². The van der Waals surface area contributed by atoms with Crippen molar-refractivity contribution in [3.63, 3.8) is 0 Å². The van der Waals surface area contributed by atoms with Crippen LogP contribution in [0.1, 0.15) is 4.88 Å². The van der Waals surface area contributed by atoms with Crippen molar-refractivity contribution in [2.24, 2.45) is 0 Å². The number of thiophene rings is 1. The molecule has 0 amide bonds. The van der Waals surface area contributed by atoms with E-state index in [9.17, 15) is 0 Å². The zero-order valence-electron chi connectivity index (χ0n) is 7.44. The predicted octanol–water partition coefficient (Wildman–Crippen LogP) is 2.15. The van der Waals surface area contributed by atoms with Crippen LogP contribution in [0, 0.1) is 11.7 Å². The second-order valence-corrected chi connectivity index (χ2v) is 4.29. The summed E-state index contributed by atoms with van der Waals surface area (Å²) in [6.07, 6.45) is 0. The fourth-order valence-electron chi connectivity index (χ4n) is 1.11. The molecule has 2 rings (SSSR count). The van der Waals surface area contributed by atoms with E-state index in [1.54, 1.807) is 11.3 Å². The van der Waals surface area contributed by atoms with E-state index in [0.29, 0.717) is 11.8 Å². The highest BCUT2D eigenvalue weighted by molar-refractivity contribution is 7.71. The molecule has 0 aliphatic rings. The molecular weight excluding hydrogens is 216 g/mol. The lowest BCUT2D eigenvalue weighted by Crippen LogP contribution is -1.99. The van der Waals surface area contributed by atoms with Crippen LogP contribution in [0.15, 0.2) is 11.4 Å². The lowest BCUT2D eigenvalue weighted by atomic mass is 10.3. The number of hydrogen-bond acceptors (Lipinski definition) is 5. The second-order valence-electron chi connectivity index (χ2n) is 2.81. The Kier molecular flexibility index (Phi) is 2.30. The largest absolute Gasteiger partial charge is 0.369 e. The van der Waals surface area contributed by atoms with Gasteiger partial charge in [-0.15, -0.1) is 11.3 Å². The Bertz CT molecular complexity index is 514. The monoisotopic (exact) mass is 224 g/mol. The van der Waals surface area contributed by atoms with E-state index in [4.69, 9.17) is 18.0 Å². The molecule has 14 heavy (non-hydrogen) atoms. The first-order chi connectivity index (χ1) is 6.65. The van der Waals surface area contributed by atoms with Crippen LogP contribution in [0.3, 0.4) is 0 Å². The molecule has 2 aromatic heterocycles. The van der Waals surface area contributed by atoms with Crippen molar-refractivity contribution >= 4 is 29.5 Å². The van der Waals surface area contributed by atoms with E-state index in [1.807, 2.05) is 18.4 Å². The normalized spacial score (nSPS) is 10.4. The number of hydrogen-bond donors (Lipinski definition) is 2. The second kappa shape index (κ2) is 3.47. The third-order valence-corrected chi connectivity index (χ3v) is 2.72. The Morgan fingerprint density at radius 1 is 1.50 bits per heavy atom. The van der Waals surface area contributed by atoms with Crippen molar-refractivity contribution in [2.75, 3.05) is 5.73 Å². The van der Waals surface area contributed by atoms with E-state index in [1.165, 1.54) is 4.88 Å². The number of nitrogens with zero attached hydrogens (tertiary/aromatic N) is 2.